The molecule has 4 rings (SSSR count). The number of hydrogen-bond donors (Lipinski definition) is 2. The van der Waals surface area contributed by atoms with Gasteiger partial charge in [-0.3, -0.25) is 4.79 Å². The maximum Gasteiger partial charge on any atom is 0.262 e. The van der Waals surface area contributed by atoms with Gasteiger partial charge in [0.25, 0.3) is 5.91 Å². The standard InChI is InChI=1S/C25H26ClF2N5O2/c1-14-12-16(4-5-17(14)15-8-10-33(2)11-9-15)30-25-29-13-18(24(32-25)35-3)23(34)31-22-19(26)6-7-20(27)21(22)28/h4-7,12-13,15H,8-11H2,1-3H3,(H,31,34)(H,29,30,32). The summed E-state index contributed by atoms with van der Waals surface area (Å²) in [5, 5.41) is 5.24. The number of nitrogens with one attached hydrogen (secondary N) is 2. The number of aromatic nitrogens is 2. The van der Waals surface area contributed by atoms with Gasteiger partial charge >= 0.3 is 0 Å². The number of nitrogens with zero attached hydrogens (tertiary/aromatic N) is 3. The number of likely N-dealkylation sites (tertiary alicyclic amines) is 1. The largest absolute Gasteiger partial charge is 0.480 e. The van der Waals surface area contributed by atoms with Gasteiger partial charge in [-0.25, -0.2) is 13.8 Å². The minimum Gasteiger partial charge on any atom is -0.480 e. The molecule has 184 valence electrons. The van der Waals surface area contributed by atoms with Crippen LogP contribution in [0.1, 0.15) is 40.2 Å². The lowest BCUT2D eigenvalue weighted by Gasteiger charge is -2.30. The second-order valence-electron chi connectivity index (χ2n) is 8.56. The Hall–Kier alpha value is -3.30. The van der Waals surface area contributed by atoms with E-state index in [-0.39, 0.29) is 22.4 Å². The lowest BCUT2D eigenvalue weighted by molar-refractivity contribution is 0.102. The molecule has 1 aromatic heterocycles. The zero-order chi connectivity index (χ0) is 25.1. The highest BCUT2D eigenvalue weighted by atomic mass is 35.5. The maximum absolute atomic E-state index is 14.1. The molecule has 0 unspecified atom stereocenters. The van der Waals surface area contributed by atoms with E-state index >= 15 is 0 Å². The molecule has 1 saturated heterocycles. The molecule has 1 aliphatic heterocycles. The molecule has 35 heavy (non-hydrogen) atoms. The Morgan fingerprint density at radius 3 is 2.63 bits per heavy atom. The minimum atomic E-state index is -1.26. The Labute approximate surface area is 207 Å². The van der Waals surface area contributed by atoms with Crippen molar-refractivity contribution in [2.75, 3.05) is 37.9 Å². The molecule has 7 nitrogen and oxygen atoms in total. The van der Waals surface area contributed by atoms with Gasteiger partial charge in [-0.15, -0.1) is 0 Å². The van der Waals surface area contributed by atoms with Crippen LogP contribution in [0.25, 0.3) is 0 Å². The summed E-state index contributed by atoms with van der Waals surface area (Å²) in [4.78, 5) is 23.5. The number of carbonyl (C=O) groups is 1. The number of aryl methyl sites for hydroxylation is 1. The van der Waals surface area contributed by atoms with Gasteiger partial charge in [0.15, 0.2) is 11.6 Å². The lowest BCUT2D eigenvalue weighted by Crippen LogP contribution is -2.29. The van der Waals surface area contributed by atoms with Gasteiger partial charge in [-0.05, 0) is 81.2 Å². The van der Waals surface area contributed by atoms with Gasteiger partial charge in [-0.1, -0.05) is 17.7 Å². The van der Waals surface area contributed by atoms with Crippen molar-refractivity contribution < 1.29 is 18.3 Å². The molecule has 2 aromatic carbocycles. The highest BCUT2D eigenvalue weighted by Gasteiger charge is 2.22. The third kappa shape index (κ3) is 5.52. The van der Waals surface area contributed by atoms with Crippen LogP contribution < -0.4 is 15.4 Å². The molecule has 0 atom stereocenters. The Kier molecular flexibility index (Phi) is 7.47. The van der Waals surface area contributed by atoms with E-state index in [9.17, 15) is 13.6 Å². The Balaban J connectivity index is 1.50. The predicted molar refractivity (Wildman–Crippen MR) is 132 cm³/mol. The van der Waals surface area contributed by atoms with Crippen LogP contribution in [-0.2, 0) is 0 Å². The van der Waals surface area contributed by atoms with E-state index in [1.54, 1.807) is 0 Å². The van der Waals surface area contributed by atoms with Gasteiger partial charge in [0, 0.05) is 11.9 Å². The van der Waals surface area contributed by atoms with Gasteiger partial charge in [0.05, 0.1) is 17.8 Å². The molecular formula is C25H26ClF2N5O2. The minimum absolute atomic E-state index is 0.0346. The maximum atomic E-state index is 14.1. The first-order chi connectivity index (χ1) is 16.8. The molecule has 1 amide bonds. The molecule has 1 fully saturated rings. The van der Waals surface area contributed by atoms with Crippen molar-refractivity contribution in [2.45, 2.75) is 25.7 Å². The van der Waals surface area contributed by atoms with Crippen molar-refractivity contribution in [2.24, 2.45) is 0 Å². The second kappa shape index (κ2) is 10.5. The van der Waals surface area contributed by atoms with E-state index in [4.69, 9.17) is 16.3 Å². The van der Waals surface area contributed by atoms with Crippen LogP contribution in [0.15, 0.2) is 36.5 Å². The monoisotopic (exact) mass is 501 g/mol. The van der Waals surface area contributed by atoms with Crippen molar-refractivity contribution >= 4 is 34.8 Å². The number of benzene rings is 2. The van der Waals surface area contributed by atoms with Crippen LogP contribution in [0.2, 0.25) is 5.02 Å². The fourth-order valence-corrected chi connectivity index (χ4v) is 4.41. The average Bonchev–Trinajstić information content (AvgIpc) is 2.85. The molecule has 2 heterocycles. The molecule has 0 saturated carbocycles. The number of halogens is 3. The fourth-order valence-electron chi connectivity index (χ4n) is 4.22. The average molecular weight is 502 g/mol. The highest BCUT2D eigenvalue weighted by molar-refractivity contribution is 6.34. The van der Waals surface area contributed by atoms with E-state index in [1.165, 1.54) is 24.4 Å². The van der Waals surface area contributed by atoms with E-state index < -0.39 is 23.2 Å². The molecule has 0 radical (unpaired) electrons. The number of carbonyl (C=O) groups excluding carboxylic acids is 1. The molecule has 0 aliphatic carbocycles. The first-order valence-corrected chi connectivity index (χ1v) is 11.6. The van der Waals surface area contributed by atoms with Crippen molar-refractivity contribution in [1.82, 2.24) is 14.9 Å². The second-order valence-corrected chi connectivity index (χ2v) is 8.97. The third-order valence-electron chi connectivity index (χ3n) is 6.16. The third-order valence-corrected chi connectivity index (χ3v) is 6.47. The quantitative estimate of drug-likeness (QED) is 0.432. The van der Waals surface area contributed by atoms with Gasteiger partial charge in [-0.2, -0.15) is 4.98 Å². The summed E-state index contributed by atoms with van der Waals surface area (Å²) in [6, 6.07) is 8.17. The van der Waals surface area contributed by atoms with Gasteiger partial charge < -0.3 is 20.3 Å². The molecular weight excluding hydrogens is 476 g/mol. The van der Waals surface area contributed by atoms with Crippen molar-refractivity contribution in [3.05, 3.63) is 69.9 Å². The topological polar surface area (TPSA) is 79.4 Å². The number of methoxy groups -OCH3 is 1. The normalized spacial score (nSPS) is 14.6. The van der Waals surface area contributed by atoms with Crippen molar-refractivity contribution in [3.8, 4) is 5.88 Å². The van der Waals surface area contributed by atoms with Crippen LogP contribution in [-0.4, -0.2) is 48.0 Å². The van der Waals surface area contributed by atoms with E-state index in [1.807, 2.05) is 12.1 Å². The van der Waals surface area contributed by atoms with Crippen LogP contribution in [0.5, 0.6) is 5.88 Å². The van der Waals surface area contributed by atoms with Crippen LogP contribution in [0, 0.1) is 18.6 Å². The summed E-state index contributed by atoms with van der Waals surface area (Å²) in [5.74, 6) is -2.45. The first kappa shape index (κ1) is 24.8. The number of piperidine rings is 1. The summed E-state index contributed by atoms with van der Waals surface area (Å²) in [6.45, 7) is 4.27. The van der Waals surface area contributed by atoms with E-state index in [0.29, 0.717) is 5.92 Å². The number of hydrogen-bond acceptors (Lipinski definition) is 6. The number of amides is 1. The summed E-state index contributed by atoms with van der Waals surface area (Å²) in [5.41, 5.74) is 2.79. The number of rotatable bonds is 6. The first-order valence-electron chi connectivity index (χ1n) is 11.2. The zero-order valence-corrected chi connectivity index (χ0v) is 20.4. The highest BCUT2D eigenvalue weighted by Crippen LogP contribution is 2.32. The van der Waals surface area contributed by atoms with Crippen LogP contribution in [0.4, 0.5) is 26.1 Å². The molecule has 10 heteroatoms. The summed E-state index contributed by atoms with van der Waals surface area (Å²) in [7, 11) is 3.49. The van der Waals surface area contributed by atoms with Crippen LogP contribution in [0.3, 0.4) is 0 Å². The Bertz CT molecular complexity index is 1250. The van der Waals surface area contributed by atoms with Crippen LogP contribution >= 0.6 is 11.6 Å². The zero-order valence-electron chi connectivity index (χ0n) is 19.7. The predicted octanol–water partition coefficient (Wildman–Crippen LogP) is 5.53. The Morgan fingerprint density at radius 1 is 1.20 bits per heavy atom. The molecule has 0 spiro atoms. The number of anilines is 3. The lowest BCUT2D eigenvalue weighted by atomic mass is 9.87. The van der Waals surface area contributed by atoms with E-state index in [2.05, 4.69) is 45.5 Å². The van der Waals surface area contributed by atoms with Crippen molar-refractivity contribution in [3.63, 3.8) is 0 Å². The fraction of sp³-hybridized carbons (Fsp3) is 0.320. The van der Waals surface area contributed by atoms with Gasteiger partial charge in [0.1, 0.15) is 5.56 Å². The molecule has 2 N–H and O–H groups in total. The Morgan fingerprint density at radius 2 is 1.94 bits per heavy atom. The number of ether oxygens (including phenoxy) is 1. The summed E-state index contributed by atoms with van der Waals surface area (Å²) >= 11 is 5.91. The molecule has 3 aromatic rings. The van der Waals surface area contributed by atoms with E-state index in [0.717, 1.165) is 43.8 Å². The van der Waals surface area contributed by atoms with Gasteiger partial charge in [0.2, 0.25) is 11.8 Å². The SMILES string of the molecule is COc1nc(Nc2ccc(C3CCN(C)CC3)c(C)c2)ncc1C(=O)Nc1c(Cl)ccc(F)c1F. The van der Waals surface area contributed by atoms with Crippen molar-refractivity contribution in [1.29, 1.82) is 0 Å². The molecule has 0 bridgehead atoms. The smallest absolute Gasteiger partial charge is 0.262 e. The summed E-state index contributed by atoms with van der Waals surface area (Å²) in [6.07, 6.45) is 3.52. The molecule has 1 aliphatic rings. The summed E-state index contributed by atoms with van der Waals surface area (Å²) < 4.78 is 32.9.